The van der Waals surface area contributed by atoms with Crippen molar-refractivity contribution in [3.63, 3.8) is 0 Å². The molecular formula is C13H15N5O. The summed E-state index contributed by atoms with van der Waals surface area (Å²) >= 11 is 0. The van der Waals surface area contributed by atoms with Crippen LogP contribution in [0, 0.1) is 0 Å². The number of carbonyl (C=O) groups excluding carboxylic acids is 1. The molecule has 2 N–H and O–H groups in total. The summed E-state index contributed by atoms with van der Waals surface area (Å²) < 4.78 is 0. The molecule has 6 nitrogen and oxygen atoms in total. The molecule has 1 saturated heterocycles. The van der Waals surface area contributed by atoms with Gasteiger partial charge in [-0.05, 0) is 25.0 Å². The zero-order chi connectivity index (χ0) is 13.1. The van der Waals surface area contributed by atoms with E-state index in [1.54, 1.807) is 12.4 Å². The molecule has 0 unspecified atom stereocenters. The Bertz CT molecular complexity index is 560. The van der Waals surface area contributed by atoms with Gasteiger partial charge in [0.05, 0.1) is 17.4 Å². The van der Waals surface area contributed by atoms with Crippen molar-refractivity contribution in [3.05, 3.63) is 36.3 Å². The molecule has 0 aliphatic carbocycles. The largest absolute Gasteiger partial charge is 0.355 e. The van der Waals surface area contributed by atoms with Gasteiger partial charge in [-0.3, -0.25) is 9.89 Å². The monoisotopic (exact) mass is 257 g/mol. The van der Waals surface area contributed by atoms with Gasteiger partial charge in [-0.1, -0.05) is 0 Å². The van der Waals surface area contributed by atoms with Crippen molar-refractivity contribution in [3.8, 4) is 0 Å². The van der Waals surface area contributed by atoms with Crippen molar-refractivity contribution in [2.24, 2.45) is 0 Å². The molecule has 0 atom stereocenters. The normalized spacial score (nSPS) is 14.6. The first-order valence-electron chi connectivity index (χ1n) is 6.35. The lowest BCUT2D eigenvalue weighted by Crippen LogP contribution is -2.22. The number of hydrogen-bond donors (Lipinski definition) is 2. The van der Waals surface area contributed by atoms with Gasteiger partial charge in [0.2, 0.25) is 0 Å². The maximum absolute atomic E-state index is 12.0. The van der Waals surface area contributed by atoms with E-state index in [1.807, 2.05) is 12.1 Å². The first-order chi connectivity index (χ1) is 9.34. The maximum atomic E-state index is 12.0. The molecule has 6 heteroatoms. The van der Waals surface area contributed by atoms with Crippen molar-refractivity contribution in [2.45, 2.75) is 12.8 Å². The summed E-state index contributed by atoms with van der Waals surface area (Å²) in [6.07, 6.45) is 7.17. The van der Waals surface area contributed by atoms with E-state index in [4.69, 9.17) is 0 Å². The molecule has 0 spiro atoms. The number of anilines is 2. The molecule has 2 aromatic rings. The number of aromatic nitrogens is 3. The lowest BCUT2D eigenvalue weighted by molar-refractivity contribution is 0.102. The molecular weight excluding hydrogens is 242 g/mol. The van der Waals surface area contributed by atoms with Crippen molar-refractivity contribution < 1.29 is 4.79 Å². The summed E-state index contributed by atoms with van der Waals surface area (Å²) in [6, 6.07) is 3.70. The number of amides is 1. The number of pyridine rings is 1. The minimum Gasteiger partial charge on any atom is -0.355 e. The third-order valence-electron chi connectivity index (χ3n) is 3.20. The SMILES string of the molecule is O=C(Nc1cccnc1N1CCCC1)c1cn[nH]c1. The highest BCUT2D eigenvalue weighted by atomic mass is 16.1. The van der Waals surface area contributed by atoms with Crippen LogP contribution in [0.2, 0.25) is 0 Å². The van der Waals surface area contributed by atoms with E-state index in [9.17, 15) is 4.79 Å². The Morgan fingerprint density at radius 2 is 2.21 bits per heavy atom. The van der Waals surface area contributed by atoms with E-state index < -0.39 is 0 Å². The molecule has 19 heavy (non-hydrogen) atoms. The number of H-pyrrole nitrogens is 1. The minimum atomic E-state index is -0.179. The third kappa shape index (κ3) is 2.42. The van der Waals surface area contributed by atoms with Crippen LogP contribution in [0.3, 0.4) is 0 Å². The quantitative estimate of drug-likeness (QED) is 0.877. The van der Waals surface area contributed by atoms with E-state index >= 15 is 0 Å². The fourth-order valence-corrected chi connectivity index (χ4v) is 2.25. The van der Waals surface area contributed by atoms with Crippen molar-refractivity contribution in [1.29, 1.82) is 0 Å². The molecule has 1 fully saturated rings. The number of rotatable bonds is 3. The van der Waals surface area contributed by atoms with Crippen molar-refractivity contribution in [1.82, 2.24) is 15.2 Å². The molecule has 0 bridgehead atoms. The molecule has 3 rings (SSSR count). The molecule has 1 amide bonds. The Labute approximate surface area is 110 Å². The fourth-order valence-electron chi connectivity index (χ4n) is 2.25. The molecule has 1 aliphatic heterocycles. The Balaban J connectivity index is 1.82. The summed E-state index contributed by atoms with van der Waals surface area (Å²) in [5, 5.41) is 9.29. The van der Waals surface area contributed by atoms with Gasteiger partial charge in [0.25, 0.3) is 5.91 Å². The average Bonchev–Trinajstić information content (AvgIpc) is 3.13. The van der Waals surface area contributed by atoms with Gasteiger partial charge in [-0.15, -0.1) is 0 Å². The van der Waals surface area contributed by atoms with Crippen LogP contribution in [-0.2, 0) is 0 Å². The topological polar surface area (TPSA) is 73.9 Å². The molecule has 0 radical (unpaired) electrons. The number of hydrogen-bond acceptors (Lipinski definition) is 4. The van der Waals surface area contributed by atoms with Crippen LogP contribution in [0.4, 0.5) is 11.5 Å². The van der Waals surface area contributed by atoms with Crippen molar-refractivity contribution in [2.75, 3.05) is 23.3 Å². The third-order valence-corrected chi connectivity index (χ3v) is 3.20. The van der Waals surface area contributed by atoms with Crippen LogP contribution < -0.4 is 10.2 Å². The number of nitrogens with zero attached hydrogens (tertiary/aromatic N) is 3. The van der Waals surface area contributed by atoms with Gasteiger partial charge >= 0.3 is 0 Å². The van der Waals surface area contributed by atoms with Crippen LogP contribution in [-0.4, -0.2) is 34.2 Å². The van der Waals surface area contributed by atoms with Crippen LogP contribution in [0.1, 0.15) is 23.2 Å². The summed E-state index contributed by atoms with van der Waals surface area (Å²) in [5.41, 5.74) is 1.26. The summed E-state index contributed by atoms with van der Waals surface area (Å²) in [4.78, 5) is 18.6. The summed E-state index contributed by atoms with van der Waals surface area (Å²) in [6.45, 7) is 1.98. The summed E-state index contributed by atoms with van der Waals surface area (Å²) in [7, 11) is 0. The Morgan fingerprint density at radius 3 is 2.95 bits per heavy atom. The van der Waals surface area contributed by atoms with Crippen LogP contribution in [0.5, 0.6) is 0 Å². The van der Waals surface area contributed by atoms with E-state index in [-0.39, 0.29) is 5.91 Å². The minimum absolute atomic E-state index is 0.179. The van der Waals surface area contributed by atoms with Gasteiger partial charge in [-0.2, -0.15) is 5.10 Å². The van der Waals surface area contributed by atoms with E-state index in [0.717, 1.165) is 24.6 Å². The fraction of sp³-hybridized carbons (Fsp3) is 0.308. The predicted octanol–water partition coefficient (Wildman–Crippen LogP) is 1.66. The molecule has 2 aromatic heterocycles. The number of aromatic amines is 1. The van der Waals surface area contributed by atoms with E-state index in [0.29, 0.717) is 5.56 Å². The maximum Gasteiger partial charge on any atom is 0.258 e. The van der Waals surface area contributed by atoms with Crippen LogP contribution in [0.25, 0.3) is 0 Å². The zero-order valence-corrected chi connectivity index (χ0v) is 10.5. The van der Waals surface area contributed by atoms with Crippen LogP contribution in [0.15, 0.2) is 30.7 Å². The van der Waals surface area contributed by atoms with Crippen molar-refractivity contribution >= 4 is 17.4 Å². The highest BCUT2D eigenvalue weighted by Crippen LogP contribution is 2.26. The highest BCUT2D eigenvalue weighted by molar-refractivity contribution is 6.05. The first-order valence-corrected chi connectivity index (χ1v) is 6.35. The zero-order valence-electron chi connectivity index (χ0n) is 10.5. The standard InChI is InChI=1S/C13H15N5O/c19-13(10-8-15-16-9-10)17-11-4-3-5-14-12(11)18-6-1-2-7-18/h3-5,8-9H,1-2,6-7H2,(H,15,16)(H,17,19). The Morgan fingerprint density at radius 1 is 1.37 bits per heavy atom. The first kappa shape index (κ1) is 11.7. The molecule has 3 heterocycles. The second-order valence-corrected chi connectivity index (χ2v) is 4.51. The van der Waals surface area contributed by atoms with Gasteiger partial charge in [0, 0.05) is 25.5 Å². The van der Waals surface area contributed by atoms with Gasteiger partial charge in [0.1, 0.15) is 0 Å². The van der Waals surface area contributed by atoms with Gasteiger partial charge < -0.3 is 10.2 Å². The van der Waals surface area contributed by atoms with E-state index in [1.165, 1.54) is 19.0 Å². The second kappa shape index (κ2) is 5.09. The van der Waals surface area contributed by atoms with E-state index in [2.05, 4.69) is 25.4 Å². The molecule has 0 aromatic carbocycles. The Kier molecular flexibility index (Phi) is 3.14. The smallest absolute Gasteiger partial charge is 0.258 e. The number of carbonyl (C=O) groups is 1. The summed E-state index contributed by atoms with van der Waals surface area (Å²) in [5.74, 6) is 0.666. The van der Waals surface area contributed by atoms with Crippen LogP contribution >= 0.6 is 0 Å². The van der Waals surface area contributed by atoms with Gasteiger partial charge in [-0.25, -0.2) is 4.98 Å². The lowest BCUT2D eigenvalue weighted by Gasteiger charge is -2.19. The van der Waals surface area contributed by atoms with Gasteiger partial charge in [0.15, 0.2) is 5.82 Å². The second-order valence-electron chi connectivity index (χ2n) is 4.51. The predicted molar refractivity (Wildman–Crippen MR) is 72.2 cm³/mol. The number of nitrogens with one attached hydrogen (secondary N) is 2. The highest BCUT2D eigenvalue weighted by Gasteiger charge is 2.18. The molecule has 1 aliphatic rings. The Hall–Kier alpha value is -2.37. The average molecular weight is 257 g/mol. The molecule has 98 valence electrons. The lowest BCUT2D eigenvalue weighted by atomic mass is 10.3. The molecule has 0 saturated carbocycles.